The summed E-state index contributed by atoms with van der Waals surface area (Å²) in [7, 11) is 1.53. The standard InChI is InChI=1S/C14H25N3O4/c1-8(2)5-10-6-17(16-15-10)7-11-13(19)12(18)9(3)14(20-4)21-11/h6,8-9,11-14,18-19H,5,7H2,1-4H3/t9-,11-,12-,13-,14+/m1/s1. The average Bonchev–Trinajstić information content (AvgIpc) is 2.86. The fraction of sp³-hybridized carbons (Fsp3) is 0.857. The second kappa shape index (κ2) is 6.83. The van der Waals surface area contributed by atoms with Gasteiger partial charge in [0.2, 0.25) is 0 Å². The van der Waals surface area contributed by atoms with Crippen LogP contribution in [0.5, 0.6) is 0 Å². The number of aliphatic hydroxyl groups excluding tert-OH is 2. The second-order valence-electron chi connectivity index (χ2n) is 6.15. The van der Waals surface area contributed by atoms with Gasteiger partial charge in [0.15, 0.2) is 6.29 Å². The lowest BCUT2D eigenvalue weighted by Gasteiger charge is -2.40. The van der Waals surface area contributed by atoms with Gasteiger partial charge in [-0.25, -0.2) is 4.68 Å². The summed E-state index contributed by atoms with van der Waals surface area (Å²) in [4.78, 5) is 0. The van der Waals surface area contributed by atoms with Crippen molar-refractivity contribution in [2.45, 2.75) is 58.3 Å². The van der Waals surface area contributed by atoms with Gasteiger partial charge in [0.05, 0.1) is 18.3 Å². The molecule has 7 heteroatoms. The van der Waals surface area contributed by atoms with Crippen molar-refractivity contribution in [1.82, 2.24) is 15.0 Å². The van der Waals surface area contributed by atoms with Crippen molar-refractivity contribution in [3.63, 3.8) is 0 Å². The third-order valence-electron chi connectivity index (χ3n) is 3.81. The molecule has 0 radical (unpaired) electrons. The van der Waals surface area contributed by atoms with E-state index in [9.17, 15) is 10.2 Å². The molecule has 21 heavy (non-hydrogen) atoms. The van der Waals surface area contributed by atoms with Gasteiger partial charge in [-0.2, -0.15) is 0 Å². The summed E-state index contributed by atoms with van der Waals surface area (Å²) < 4.78 is 12.6. The monoisotopic (exact) mass is 299 g/mol. The van der Waals surface area contributed by atoms with Crippen molar-refractivity contribution >= 4 is 0 Å². The van der Waals surface area contributed by atoms with Crippen molar-refractivity contribution in [3.8, 4) is 0 Å². The lowest BCUT2D eigenvalue weighted by Crippen LogP contribution is -2.55. The minimum atomic E-state index is -0.968. The van der Waals surface area contributed by atoms with Crippen molar-refractivity contribution in [2.75, 3.05) is 7.11 Å². The van der Waals surface area contributed by atoms with Gasteiger partial charge >= 0.3 is 0 Å². The van der Waals surface area contributed by atoms with Gasteiger partial charge in [0.25, 0.3) is 0 Å². The molecule has 1 fully saturated rings. The second-order valence-corrected chi connectivity index (χ2v) is 6.15. The van der Waals surface area contributed by atoms with Crippen LogP contribution in [0.4, 0.5) is 0 Å². The first-order valence-corrected chi connectivity index (χ1v) is 7.35. The zero-order valence-electron chi connectivity index (χ0n) is 13.0. The normalized spacial score (nSPS) is 33.6. The molecular formula is C14H25N3O4. The first-order chi connectivity index (χ1) is 9.92. The average molecular weight is 299 g/mol. The quantitative estimate of drug-likeness (QED) is 0.807. The first-order valence-electron chi connectivity index (χ1n) is 7.35. The largest absolute Gasteiger partial charge is 0.390 e. The number of aromatic nitrogens is 3. The van der Waals surface area contributed by atoms with E-state index in [2.05, 4.69) is 24.2 Å². The summed E-state index contributed by atoms with van der Waals surface area (Å²) in [6, 6.07) is 0. The van der Waals surface area contributed by atoms with Crippen LogP contribution in [0.25, 0.3) is 0 Å². The molecule has 0 spiro atoms. The summed E-state index contributed by atoms with van der Waals surface area (Å²) in [5.41, 5.74) is 0.910. The third-order valence-corrected chi connectivity index (χ3v) is 3.81. The molecule has 7 nitrogen and oxygen atoms in total. The van der Waals surface area contributed by atoms with E-state index in [1.165, 1.54) is 7.11 Å². The van der Waals surface area contributed by atoms with Crippen molar-refractivity contribution < 1.29 is 19.7 Å². The Morgan fingerprint density at radius 2 is 2.10 bits per heavy atom. The minimum Gasteiger partial charge on any atom is -0.390 e. The maximum Gasteiger partial charge on any atom is 0.162 e. The number of nitrogens with zero attached hydrogens (tertiary/aromatic N) is 3. The predicted octanol–water partition coefficient (Wildman–Crippen LogP) is 0.206. The Bertz CT molecular complexity index is 449. The molecular weight excluding hydrogens is 274 g/mol. The van der Waals surface area contributed by atoms with Crippen molar-refractivity contribution in [3.05, 3.63) is 11.9 Å². The maximum atomic E-state index is 10.1. The predicted molar refractivity (Wildman–Crippen MR) is 75.4 cm³/mol. The van der Waals surface area contributed by atoms with Crippen LogP contribution in [0.3, 0.4) is 0 Å². The van der Waals surface area contributed by atoms with Crippen molar-refractivity contribution in [1.29, 1.82) is 0 Å². The Morgan fingerprint density at radius 3 is 2.71 bits per heavy atom. The van der Waals surface area contributed by atoms with E-state index < -0.39 is 24.6 Å². The number of ether oxygens (including phenoxy) is 2. The minimum absolute atomic E-state index is 0.284. The Kier molecular flexibility index (Phi) is 5.32. The van der Waals surface area contributed by atoms with E-state index in [1.54, 1.807) is 11.6 Å². The van der Waals surface area contributed by atoms with Gasteiger partial charge in [-0.15, -0.1) is 5.10 Å². The highest BCUT2D eigenvalue weighted by Crippen LogP contribution is 2.27. The van der Waals surface area contributed by atoms with Crippen LogP contribution in [-0.4, -0.2) is 56.9 Å². The van der Waals surface area contributed by atoms with E-state index >= 15 is 0 Å². The zero-order chi connectivity index (χ0) is 15.6. The van der Waals surface area contributed by atoms with Gasteiger partial charge in [-0.1, -0.05) is 26.0 Å². The molecule has 0 aliphatic carbocycles. The number of rotatable bonds is 5. The maximum absolute atomic E-state index is 10.1. The van der Waals surface area contributed by atoms with Gasteiger partial charge in [-0.05, 0) is 12.3 Å². The fourth-order valence-electron chi connectivity index (χ4n) is 2.61. The third kappa shape index (κ3) is 3.79. The summed E-state index contributed by atoms with van der Waals surface area (Å²) >= 11 is 0. The molecule has 1 aliphatic heterocycles. The summed E-state index contributed by atoms with van der Waals surface area (Å²) in [5, 5.41) is 28.4. The van der Waals surface area contributed by atoms with E-state index in [-0.39, 0.29) is 5.92 Å². The highest BCUT2D eigenvalue weighted by Gasteiger charge is 2.42. The van der Waals surface area contributed by atoms with Crippen LogP contribution in [0.2, 0.25) is 0 Å². The molecule has 2 heterocycles. The molecule has 0 saturated carbocycles. The van der Waals surface area contributed by atoms with E-state index in [0.29, 0.717) is 12.5 Å². The molecule has 5 atom stereocenters. The van der Waals surface area contributed by atoms with Crippen LogP contribution in [0, 0.1) is 11.8 Å². The molecule has 1 aromatic heterocycles. The van der Waals surface area contributed by atoms with Gasteiger partial charge < -0.3 is 19.7 Å². The molecule has 0 aromatic carbocycles. The molecule has 1 aliphatic rings. The molecule has 0 amide bonds. The Labute approximate surface area is 124 Å². The molecule has 1 aromatic rings. The first kappa shape index (κ1) is 16.4. The number of hydrogen-bond donors (Lipinski definition) is 2. The molecule has 120 valence electrons. The molecule has 2 N–H and O–H groups in total. The van der Waals surface area contributed by atoms with Crippen LogP contribution < -0.4 is 0 Å². The number of aliphatic hydroxyl groups is 2. The molecule has 1 saturated heterocycles. The Morgan fingerprint density at radius 1 is 1.38 bits per heavy atom. The Balaban J connectivity index is 2.02. The molecule has 0 bridgehead atoms. The lowest BCUT2D eigenvalue weighted by molar-refractivity contribution is -0.272. The molecule has 0 unspecified atom stereocenters. The van der Waals surface area contributed by atoms with Crippen molar-refractivity contribution in [2.24, 2.45) is 11.8 Å². The van der Waals surface area contributed by atoms with E-state index in [1.807, 2.05) is 6.20 Å². The van der Waals surface area contributed by atoms with Gasteiger partial charge in [-0.3, -0.25) is 0 Å². The smallest absolute Gasteiger partial charge is 0.162 e. The van der Waals surface area contributed by atoms with Gasteiger partial charge in [0, 0.05) is 19.2 Å². The van der Waals surface area contributed by atoms with Crippen LogP contribution in [-0.2, 0) is 22.4 Å². The van der Waals surface area contributed by atoms with Crippen LogP contribution in [0.1, 0.15) is 26.5 Å². The number of hydrogen-bond acceptors (Lipinski definition) is 6. The summed E-state index contributed by atoms with van der Waals surface area (Å²) in [6.07, 6.45) is -0.255. The molecule has 2 rings (SSSR count). The van der Waals surface area contributed by atoms with Gasteiger partial charge in [0.1, 0.15) is 12.2 Å². The van der Waals surface area contributed by atoms with E-state index in [0.717, 1.165) is 12.1 Å². The number of methoxy groups -OCH3 is 1. The highest BCUT2D eigenvalue weighted by atomic mass is 16.7. The SMILES string of the molecule is CO[C@H]1O[C@H](Cn2cc(CC(C)C)nn2)[C@@H](O)[C@H](O)[C@H]1C. The topological polar surface area (TPSA) is 89.6 Å². The zero-order valence-corrected chi connectivity index (χ0v) is 13.0. The van der Waals surface area contributed by atoms with Crippen LogP contribution >= 0.6 is 0 Å². The summed E-state index contributed by atoms with van der Waals surface area (Å²) in [5.74, 6) is 0.223. The summed E-state index contributed by atoms with van der Waals surface area (Å²) in [6.45, 7) is 6.35. The highest BCUT2D eigenvalue weighted by molar-refractivity contribution is 4.94. The van der Waals surface area contributed by atoms with Crippen LogP contribution in [0.15, 0.2) is 6.20 Å². The van der Waals surface area contributed by atoms with E-state index in [4.69, 9.17) is 9.47 Å². The fourth-order valence-corrected chi connectivity index (χ4v) is 2.61. The Hall–Kier alpha value is -1.02. The lowest BCUT2D eigenvalue weighted by atomic mass is 9.92.